The molecule has 2 aliphatic carbocycles. The first-order chi connectivity index (χ1) is 17.3. The highest BCUT2D eigenvalue weighted by molar-refractivity contribution is 7.89. The SMILES string of the molecule is Cc1ccc(-n2c(C(C)N(C)S(=O)(=O)CC34CCC(CC3=O)C4(C)C)nc3ccccc3c2=O)c(C)c1. The Labute approximate surface area is 218 Å². The van der Waals surface area contributed by atoms with Crippen LogP contribution in [0.15, 0.2) is 47.3 Å². The number of carbonyl (C=O) groups excluding carboxylic acids is 1. The van der Waals surface area contributed by atoms with Crippen molar-refractivity contribution in [2.24, 2.45) is 16.7 Å². The van der Waals surface area contributed by atoms with Gasteiger partial charge in [0.25, 0.3) is 5.56 Å². The molecule has 196 valence electrons. The lowest BCUT2D eigenvalue weighted by molar-refractivity contribution is -0.128. The molecular formula is C29H35N3O4S. The Morgan fingerprint density at radius 3 is 2.46 bits per heavy atom. The number of aromatic nitrogens is 2. The average molecular weight is 522 g/mol. The number of hydrogen-bond donors (Lipinski definition) is 0. The monoisotopic (exact) mass is 521 g/mol. The van der Waals surface area contributed by atoms with Crippen LogP contribution in [0.5, 0.6) is 0 Å². The Kier molecular flexibility index (Phi) is 5.99. The van der Waals surface area contributed by atoms with Crippen molar-refractivity contribution < 1.29 is 13.2 Å². The van der Waals surface area contributed by atoms with Gasteiger partial charge in [-0.2, -0.15) is 4.31 Å². The van der Waals surface area contributed by atoms with Gasteiger partial charge in [-0.15, -0.1) is 0 Å². The molecule has 0 spiro atoms. The number of hydrogen-bond acceptors (Lipinski definition) is 5. The summed E-state index contributed by atoms with van der Waals surface area (Å²) < 4.78 is 30.6. The van der Waals surface area contributed by atoms with E-state index < -0.39 is 21.5 Å². The van der Waals surface area contributed by atoms with Crippen molar-refractivity contribution in [3.8, 4) is 5.69 Å². The molecule has 0 amide bonds. The van der Waals surface area contributed by atoms with Crippen molar-refractivity contribution >= 4 is 26.7 Å². The minimum atomic E-state index is -3.86. The Balaban J connectivity index is 1.62. The number of fused-ring (bicyclic) bond motifs is 3. The van der Waals surface area contributed by atoms with E-state index in [1.54, 1.807) is 29.7 Å². The lowest BCUT2D eigenvalue weighted by atomic mass is 9.70. The third-order valence-corrected chi connectivity index (χ3v) is 11.4. The third-order valence-electron chi connectivity index (χ3n) is 9.32. The van der Waals surface area contributed by atoms with Gasteiger partial charge >= 0.3 is 0 Å². The number of aryl methyl sites for hydroxylation is 2. The molecule has 2 fully saturated rings. The maximum Gasteiger partial charge on any atom is 0.266 e. The summed E-state index contributed by atoms with van der Waals surface area (Å²) in [5.41, 5.74) is 1.69. The Morgan fingerprint density at radius 2 is 1.84 bits per heavy atom. The average Bonchev–Trinajstić information content (AvgIpc) is 3.18. The largest absolute Gasteiger partial charge is 0.299 e. The number of Topliss-reactive ketones (excluding diaryl/α,β-unsaturated/α-hetero) is 1. The van der Waals surface area contributed by atoms with Crippen LogP contribution in [0.25, 0.3) is 16.6 Å². The molecule has 5 rings (SSSR count). The molecular weight excluding hydrogens is 486 g/mol. The minimum Gasteiger partial charge on any atom is -0.299 e. The maximum absolute atomic E-state index is 13.9. The van der Waals surface area contributed by atoms with E-state index in [0.717, 1.165) is 17.5 Å². The fourth-order valence-electron chi connectivity index (χ4n) is 6.64. The highest BCUT2D eigenvalue weighted by atomic mass is 32.2. The number of ketones is 1. The van der Waals surface area contributed by atoms with Crippen LogP contribution < -0.4 is 5.56 Å². The van der Waals surface area contributed by atoms with Gasteiger partial charge in [0.15, 0.2) is 0 Å². The van der Waals surface area contributed by atoms with Crippen molar-refractivity contribution in [3.05, 3.63) is 69.8 Å². The van der Waals surface area contributed by atoms with Crippen LogP contribution in [0.4, 0.5) is 0 Å². The van der Waals surface area contributed by atoms with Crippen molar-refractivity contribution in [1.29, 1.82) is 0 Å². The van der Waals surface area contributed by atoms with Gasteiger partial charge in [0.1, 0.15) is 11.6 Å². The van der Waals surface area contributed by atoms with E-state index in [9.17, 15) is 18.0 Å². The molecule has 2 aliphatic rings. The van der Waals surface area contributed by atoms with Crippen LogP contribution >= 0.6 is 0 Å². The van der Waals surface area contributed by atoms with E-state index in [1.807, 2.05) is 52.0 Å². The number of para-hydroxylation sites is 1. The van der Waals surface area contributed by atoms with Crippen LogP contribution in [-0.2, 0) is 14.8 Å². The summed E-state index contributed by atoms with van der Waals surface area (Å²) in [6.07, 6.45) is 1.94. The zero-order chi connectivity index (χ0) is 26.9. The van der Waals surface area contributed by atoms with Gasteiger partial charge in [-0.05, 0) is 68.7 Å². The van der Waals surface area contributed by atoms with E-state index in [-0.39, 0.29) is 28.4 Å². The van der Waals surface area contributed by atoms with Gasteiger partial charge in [0.2, 0.25) is 10.0 Å². The second-order valence-corrected chi connectivity index (χ2v) is 13.6. The Morgan fingerprint density at radius 1 is 1.14 bits per heavy atom. The van der Waals surface area contributed by atoms with Gasteiger partial charge in [-0.1, -0.05) is 43.7 Å². The van der Waals surface area contributed by atoms with E-state index in [2.05, 4.69) is 0 Å². The minimum absolute atomic E-state index is 0.0643. The van der Waals surface area contributed by atoms with Gasteiger partial charge in [-0.25, -0.2) is 13.4 Å². The van der Waals surface area contributed by atoms with Crippen molar-refractivity contribution in [2.75, 3.05) is 12.8 Å². The van der Waals surface area contributed by atoms with Crippen molar-refractivity contribution in [3.63, 3.8) is 0 Å². The molecule has 0 N–H and O–H groups in total. The van der Waals surface area contributed by atoms with Crippen LogP contribution in [0, 0.1) is 30.6 Å². The molecule has 7 nitrogen and oxygen atoms in total. The summed E-state index contributed by atoms with van der Waals surface area (Å²) in [6, 6.07) is 12.2. The number of rotatable bonds is 6. The second kappa shape index (κ2) is 8.60. The highest BCUT2D eigenvalue weighted by Crippen LogP contribution is 2.64. The lowest BCUT2D eigenvalue weighted by Crippen LogP contribution is -2.46. The first kappa shape index (κ1) is 25.8. The van der Waals surface area contributed by atoms with Gasteiger partial charge in [0.05, 0.1) is 28.4 Å². The molecule has 37 heavy (non-hydrogen) atoms. The van der Waals surface area contributed by atoms with E-state index in [1.165, 1.54) is 11.4 Å². The normalized spacial score (nSPS) is 23.8. The number of nitrogens with zero attached hydrogens (tertiary/aromatic N) is 3. The van der Waals surface area contributed by atoms with Crippen LogP contribution in [0.2, 0.25) is 0 Å². The van der Waals surface area contributed by atoms with E-state index in [4.69, 9.17) is 4.98 Å². The van der Waals surface area contributed by atoms with Crippen LogP contribution in [0.3, 0.4) is 0 Å². The van der Waals surface area contributed by atoms with Crippen molar-refractivity contribution in [2.45, 2.75) is 59.9 Å². The van der Waals surface area contributed by atoms with Crippen LogP contribution in [0.1, 0.15) is 63.0 Å². The number of sulfonamides is 1. The fourth-order valence-corrected chi connectivity index (χ4v) is 8.72. The fraction of sp³-hybridized carbons (Fsp3) is 0.483. The Hall–Kier alpha value is -2.84. The highest BCUT2D eigenvalue weighted by Gasteiger charge is 2.65. The first-order valence-corrected chi connectivity index (χ1v) is 14.5. The van der Waals surface area contributed by atoms with Gasteiger partial charge < -0.3 is 0 Å². The molecule has 0 aliphatic heterocycles. The molecule has 3 atom stereocenters. The zero-order valence-corrected chi connectivity index (χ0v) is 23.2. The molecule has 1 aromatic heterocycles. The Bertz CT molecular complexity index is 1590. The number of benzene rings is 2. The molecule has 3 aromatic rings. The predicted octanol–water partition coefficient (Wildman–Crippen LogP) is 4.72. The third kappa shape index (κ3) is 3.79. The molecule has 0 radical (unpaired) electrons. The smallest absolute Gasteiger partial charge is 0.266 e. The van der Waals surface area contributed by atoms with E-state index >= 15 is 0 Å². The van der Waals surface area contributed by atoms with Gasteiger partial charge in [0, 0.05) is 18.9 Å². The second-order valence-electron chi connectivity index (χ2n) is 11.5. The first-order valence-electron chi connectivity index (χ1n) is 12.9. The summed E-state index contributed by atoms with van der Waals surface area (Å²) in [7, 11) is -2.33. The summed E-state index contributed by atoms with van der Waals surface area (Å²) in [5.74, 6) is 0.426. The quantitative estimate of drug-likeness (QED) is 0.468. The summed E-state index contributed by atoms with van der Waals surface area (Å²) in [5, 5.41) is 0.470. The van der Waals surface area contributed by atoms with Crippen LogP contribution in [-0.4, -0.2) is 40.9 Å². The summed E-state index contributed by atoms with van der Waals surface area (Å²) in [4.78, 5) is 31.7. The summed E-state index contributed by atoms with van der Waals surface area (Å²) in [6.45, 7) is 9.75. The molecule has 2 bridgehead atoms. The molecule has 1 heterocycles. The van der Waals surface area contributed by atoms with E-state index in [0.29, 0.717) is 35.3 Å². The number of carbonyl (C=O) groups is 1. The predicted molar refractivity (Wildman–Crippen MR) is 145 cm³/mol. The van der Waals surface area contributed by atoms with Gasteiger partial charge in [-0.3, -0.25) is 14.2 Å². The topological polar surface area (TPSA) is 89.3 Å². The standard InChI is InChI=1S/C29H35N3O4S/c1-18-11-12-24(19(2)15-18)32-26(30-23-10-8-7-9-22(23)27(32)34)20(3)31(6)37(35,36)17-29-14-13-21(16-25(29)33)28(29,4)5/h7-12,15,20-21H,13-14,16-17H2,1-6H3. The summed E-state index contributed by atoms with van der Waals surface area (Å²) >= 11 is 0. The molecule has 2 saturated carbocycles. The van der Waals surface area contributed by atoms with Crippen molar-refractivity contribution in [1.82, 2.24) is 13.9 Å². The zero-order valence-electron chi connectivity index (χ0n) is 22.4. The molecule has 0 saturated heterocycles. The molecule has 3 unspecified atom stereocenters. The molecule has 8 heteroatoms. The lowest BCUT2D eigenvalue weighted by Gasteiger charge is -2.38. The molecule has 2 aromatic carbocycles. The maximum atomic E-state index is 13.9.